The van der Waals surface area contributed by atoms with E-state index in [1.165, 1.54) is 0 Å². The molecule has 0 fully saturated rings. The molecule has 0 atom stereocenters. The average molecular weight is 235 g/mol. The van der Waals surface area contributed by atoms with Crippen LogP contribution in [0.25, 0.3) is 11.0 Å². The lowest BCUT2D eigenvalue weighted by Gasteiger charge is -2.05. The molecule has 0 aliphatic carbocycles. The van der Waals surface area contributed by atoms with Crippen LogP contribution in [-0.4, -0.2) is 36.5 Å². The number of aromatic nitrogens is 2. The number of hydrogen-bond acceptors (Lipinski definition) is 4. The summed E-state index contributed by atoms with van der Waals surface area (Å²) < 4.78 is 12.4. The maximum atomic E-state index is 5.70. The van der Waals surface area contributed by atoms with Crippen LogP contribution in [0.2, 0.25) is 0 Å². The quantitative estimate of drug-likeness (QED) is 0.605. The molecule has 1 heterocycles. The zero-order valence-electron chi connectivity index (χ0n) is 9.93. The summed E-state index contributed by atoms with van der Waals surface area (Å²) in [5.74, 6) is 0. The van der Waals surface area contributed by atoms with Crippen molar-refractivity contribution in [1.82, 2.24) is 9.55 Å². The van der Waals surface area contributed by atoms with Gasteiger partial charge in [-0.2, -0.15) is 0 Å². The number of nitrogens with zero attached hydrogens (tertiary/aromatic N) is 2. The Morgan fingerprint density at radius 1 is 1.29 bits per heavy atom. The van der Waals surface area contributed by atoms with Gasteiger partial charge in [0.25, 0.3) is 0 Å². The Hall–Kier alpha value is -1.59. The van der Waals surface area contributed by atoms with Gasteiger partial charge in [-0.25, -0.2) is 4.98 Å². The van der Waals surface area contributed by atoms with Crippen LogP contribution in [0.15, 0.2) is 24.5 Å². The van der Waals surface area contributed by atoms with Gasteiger partial charge in [0.2, 0.25) is 0 Å². The molecular formula is C12H17N3O2. The average Bonchev–Trinajstić information content (AvgIpc) is 2.71. The first-order chi connectivity index (χ1) is 8.31. The van der Waals surface area contributed by atoms with Crippen molar-refractivity contribution in [3.8, 4) is 0 Å². The fourth-order valence-electron chi connectivity index (χ4n) is 1.67. The fourth-order valence-corrected chi connectivity index (χ4v) is 1.67. The molecule has 2 N–H and O–H groups in total. The lowest BCUT2D eigenvalue weighted by atomic mass is 10.3. The van der Waals surface area contributed by atoms with Crippen LogP contribution < -0.4 is 5.73 Å². The number of anilines is 1. The molecule has 92 valence electrons. The summed E-state index contributed by atoms with van der Waals surface area (Å²) in [5.41, 5.74) is 8.43. The summed E-state index contributed by atoms with van der Waals surface area (Å²) in [4.78, 5) is 4.30. The number of nitrogens with two attached hydrogens (primary N) is 1. The molecule has 0 unspecified atom stereocenters. The molecule has 0 radical (unpaired) electrons. The summed E-state index contributed by atoms with van der Waals surface area (Å²) in [6, 6.07) is 5.73. The van der Waals surface area contributed by atoms with E-state index in [2.05, 4.69) is 9.55 Å². The van der Waals surface area contributed by atoms with E-state index < -0.39 is 0 Å². The lowest BCUT2D eigenvalue weighted by Crippen LogP contribution is -2.08. The Morgan fingerprint density at radius 2 is 2.18 bits per heavy atom. The summed E-state index contributed by atoms with van der Waals surface area (Å²) in [7, 11) is 1.66. The van der Waals surface area contributed by atoms with Crippen molar-refractivity contribution in [2.75, 3.05) is 32.7 Å². The Kier molecular flexibility index (Phi) is 3.95. The molecule has 0 aliphatic rings. The van der Waals surface area contributed by atoms with Crippen LogP contribution in [0.4, 0.5) is 5.69 Å². The van der Waals surface area contributed by atoms with Gasteiger partial charge in [0.15, 0.2) is 0 Å². The predicted molar refractivity (Wildman–Crippen MR) is 66.8 cm³/mol. The van der Waals surface area contributed by atoms with Crippen LogP contribution in [0.3, 0.4) is 0 Å². The number of methoxy groups -OCH3 is 1. The van der Waals surface area contributed by atoms with Crippen molar-refractivity contribution in [3.63, 3.8) is 0 Å². The number of ether oxygens (including phenoxy) is 2. The molecule has 5 heteroatoms. The minimum absolute atomic E-state index is 0.621. The molecule has 2 aromatic rings. The number of rotatable bonds is 6. The summed E-state index contributed by atoms with van der Waals surface area (Å²) in [5, 5.41) is 0. The second-order valence-corrected chi connectivity index (χ2v) is 3.79. The van der Waals surface area contributed by atoms with E-state index in [9.17, 15) is 0 Å². The third-order valence-corrected chi connectivity index (χ3v) is 2.55. The topological polar surface area (TPSA) is 62.3 Å². The van der Waals surface area contributed by atoms with E-state index in [1.807, 2.05) is 24.5 Å². The molecule has 0 amide bonds. The van der Waals surface area contributed by atoms with Gasteiger partial charge in [0, 0.05) is 19.3 Å². The van der Waals surface area contributed by atoms with Gasteiger partial charge in [0.05, 0.1) is 37.2 Å². The number of imidazole rings is 1. The third-order valence-electron chi connectivity index (χ3n) is 2.55. The van der Waals surface area contributed by atoms with Gasteiger partial charge >= 0.3 is 0 Å². The second-order valence-electron chi connectivity index (χ2n) is 3.79. The second kappa shape index (κ2) is 5.65. The maximum absolute atomic E-state index is 5.70. The van der Waals surface area contributed by atoms with Crippen molar-refractivity contribution in [2.45, 2.75) is 6.54 Å². The Labute approximate surface area is 100 Å². The molecule has 1 aromatic heterocycles. The normalized spacial score (nSPS) is 11.1. The van der Waals surface area contributed by atoms with Crippen molar-refractivity contribution in [3.05, 3.63) is 24.5 Å². The van der Waals surface area contributed by atoms with E-state index >= 15 is 0 Å². The predicted octanol–water partition coefficient (Wildman–Crippen LogP) is 1.28. The van der Waals surface area contributed by atoms with E-state index in [1.54, 1.807) is 7.11 Å². The van der Waals surface area contributed by atoms with E-state index in [-0.39, 0.29) is 0 Å². The third kappa shape index (κ3) is 2.95. The van der Waals surface area contributed by atoms with Crippen LogP contribution >= 0.6 is 0 Å². The summed E-state index contributed by atoms with van der Waals surface area (Å²) >= 11 is 0. The van der Waals surface area contributed by atoms with Gasteiger partial charge in [-0.3, -0.25) is 0 Å². The number of nitrogen functional groups attached to an aromatic ring is 1. The van der Waals surface area contributed by atoms with Crippen molar-refractivity contribution in [2.24, 2.45) is 0 Å². The molecule has 0 bridgehead atoms. The van der Waals surface area contributed by atoms with Gasteiger partial charge in [0.1, 0.15) is 0 Å². The van der Waals surface area contributed by atoms with Crippen molar-refractivity contribution >= 4 is 16.7 Å². The van der Waals surface area contributed by atoms with Gasteiger partial charge in [-0.05, 0) is 18.2 Å². The Morgan fingerprint density at radius 3 is 3.00 bits per heavy atom. The Bertz CT molecular complexity index is 482. The number of fused-ring (bicyclic) bond motifs is 1. The molecule has 0 aliphatic heterocycles. The van der Waals surface area contributed by atoms with Crippen LogP contribution in [0, 0.1) is 0 Å². The summed E-state index contributed by atoms with van der Waals surface area (Å²) in [6.07, 6.45) is 1.81. The summed E-state index contributed by atoms with van der Waals surface area (Å²) in [6.45, 7) is 2.68. The van der Waals surface area contributed by atoms with Crippen LogP contribution in [0.1, 0.15) is 0 Å². The molecule has 0 spiro atoms. The SMILES string of the molecule is COCCOCCn1cnc2cc(N)ccc21. The smallest absolute Gasteiger partial charge is 0.0959 e. The first-order valence-corrected chi connectivity index (χ1v) is 5.58. The van der Waals surface area contributed by atoms with E-state index in [4.69, 9.17) is 15.2 Å². The highest BCUT2D eigenvalue weighted by atomic mass is 16.5. The fraction of sp³-hybridized carbons (Fsp3) is 0.417. The number of hydrogen-bond donors (Lipinski definition) is 1. The molecule has 5 nitrogen and oxygen atoms in total. The molecule has 0 saturated carbocycles. The zero-order chi connectivity index (χ0) is 12.1. The van der Waals surface area contributed by atoms with Gasteiger partial charge in [-0.15, -0.1) is 0 Å². The van der Waals surface area contributed by atoms with E-state index in [0.717, 1.165) is 23.3 Å². The minimum atomic E-state index is 0.621. The zero-order valence-corrected chi connectivity index (χ0v) is 9.93. The first kappa shape index (κ1) is 11.9. The molecule has 1 aromatic carbocycles. The van der Waals surface area contributed by atoms with Crippen LogP contribution in [0.5, 0.6) is 0 Å². The highest BCUT2D eigenvalue weighted by Gasteiger charge is 2.02. The maximum Gasteiger partial charge on any atom is 0.0959 e. The van der Waals surface area contributed by atoms with Gasteiger partial charge < -0.3 is 19.8 Å². The van der Waals surface area contributed by atoms with Crippen LogP contribution in [-0.2, 0) is 16.0 Å². The first-order valence-electron chi connectivity index (χ1n) is 5.58. The highest BCUT2D eigenvalue weighted by molar-refractivity contribution is 5.78. The Balaban J connectivity index is 1.95. The van der Waals surface area contributed by atoms with Crippen molar-refractivity contribution in [1.29, 1.82) is 0 Å². The lowest BCUT2D eigenvalue weighted by molar-refractivity contribution is 0.0669. The van der Waals surface area contributed by atoms with Gasteiger partial charge in [-0.1, -0.05) is 0 Å². The molecular weight excluding hydrogens is 218 g/mol. The van der Waals surface area contributed by atoms with E-state index in [0.29, 0.717) is 19.8 Å². The molecule has 17 heavy (non-hydrogen) atoms. The minimum Gasteiger partial charge on any atom is -0.399 e. The standard InChI is InChI=1S/C12H17N3O2/c1-16-6-7-17-5-4-15-9-14-11-8-10(13)2-3-12(11)15/h2-3,8-9H,4-7,13H2,1H3. The molecule has 0 saturated heterocycles. The monoisotopic (exact) mass is 235 g/mol. The highest BCUT2D eigenvalue weighted by Crippen LogP contribution is 2.15. The van der Waals surface area contributed by atoms with Crippen molar-refractivity contribution < 1.29 is 9.47 Å². The number of benzene rings is 1. The largest absolute Gasteiger partial charge is 0.399 e. The molecule has 2 rings (SSSR count).